The van der Waals surface area contributed by atoms with Gasteiger partial charge in [-0.15, -0.1) is 24.8 Å². The van der Waals surface area contributed by atoms with Gasteiger partial charge in [0.05, 0.1) is 12.7 Å². The molecule has 0 amide bonds. The molecule has 1 fully saturated rings. The van der Waals surface area contributed by atoms with Crippen LogP contribution in [0.15, 0.2) is 24.3 Å². The number of hydrogen-bond acceptors (Lipinski definition) is 4. The number of nitrogens with zero attached hydrogens (tertiary/aromatic N) is 1. The average molecular weight is 335 g/mol. The number of carbonyl (C=O) groups excluding carboxylic acids is 1. The van der Waals surface area contributed by atoms with Crippen molar-refractivity contribution in [3.8, 4) is 0 Å². The smallest absolute Gasteiger partial charge is 0.337 e. The van der Waals surface area contributed by atoms with Gasteiger partial charge in [0, 0.05) is 32.2 Å². The molecule has 0 radical (unpaired) electrons. The summed E-state index contributed by atoms with van der Waals surface area (Å²) in [5, 5.41) is 3.40. The van der Waals surface area contributed by atoms with Gasteiger partial charge in [0.2, 0.25) is 0 Å². The van der Waals surface area contributed by atoms with Crippen molar-refractivity contribution in [2.75, 3.05) is 33.3 Å². The molecule has 2 rings (SSSR count). The third-order valence-corrected chi connectivity index (χ3v) is 3.70. The zero-order valence-corrected chi connectivity index (χ0v) is 14.1. The van der Waals surface area contributed by atoms with E-state index in [1.165, 1.54) is 12.7 Å². The van der Waals surface area contributed by atoms with E-state index in [9.17, 15) is 4.79 Å². The molecular weight excluding hydrogens is 311 g/mol. The summed E-state index contributed by atoms with van der Waals surface area (Å²) < 4.78 is 4.69. The fraction of sp³-hybridized carbons (Fsp3) is 0.533. The molecule has 21 heavy (non-hydrogen) atoms. The van der Waals surface area contributed by atoms with Gasteiger partial charge in [-0.2, -0.15) is 0 Å². The number of esters is 1. The molecular formula is C15H24Cl2N2O2. The summed E-state index contributed by atoms with van der Waals surface area (Å²) in [6.45, 7) is 6.58. The summed E-state index contributed by atoms with van der Waals surface area (Å²) in [5.41, 5.74) is 1.88. The predicted molar refractivity (Wildman–Crippen MR) is 89.9 cm³/mol. The number of halogens is 2. The summed E-state index contributed by atoms with van der Waals surface area (Å²) in [7, 11) is 1.40. The van der Waals surface area contributed by atoms with E-state index in [0.717, 1.165) is 32.6 Å². The second-order valence-electron chi connectivity index (χ2n) is 5.03. The van der Waals surface area contributed by atoms with Crippen LogP contribution in [0.4, 0.5) is 0 Å². The maximum atomic E-state index is 11.3. The summed E-state index contributed by atoms with van der Waals surface area (Å²) in [6.07, 6.45) is 1.02. The van der Waals surface area contributed by atoms with Crippen LogP contribution < -0.4 is 5.32 Å². The SMILES string of the molecule is COC(=O)c1ccc(CCN2CCNCC2C)cc1.Cl.Cl. The number of piperazine rings is 1. The minimum atomic E-state index is -0.276. The summed E-state index contributed by atoms with van der Waals surface area (Å²) in [6, 6.07) is 8.30. The van der Waals surface area contributed by atoms with Gasteiger partial charge in [-0.1, -0.05) is 12.1 Å². The molecule has 1 saturated heterocycles. The van der Waals surface area contributed by atoms with Crippen LogP contribution in [-0.4, -0.2) is 50.2 Å². The fourth-order valence-electron chi connectivity index (χ4n) is 2.41. The first kappa shape index (κ1) is 20.2. The lowest BCUT2D eigenvalue weighted by atomic mass is 10.1. The minimum absolute atomic E-state index is 0. The Morgan fingerprint density at radius 2 is 2.00 bits per heavy atom. The van der Waals surface area contributed by atoms with Crippen LogP contribution in [0, 0.1) is 0 Å². The van der Waals surface area contributed by atoms with Crippen LogP contribution in [0.25, 0.3) is 0 Å². The van der Waals surface area contributed by atoms with Gasteiger partial charge in [0.15, 0.2) is 0 Å². The first-order valence-corrected chi connectivity index (χ1v) is 6.82. The van der Waals surface area contributed by atoms with Crippen molar-refractivity contribution in [3.05, 3.63) is 35.4 Å². The van der Waals surface area contributed by atoms with Crippen molar-refractivity contribution in [2.24, 2.45) is 0 Å². The lowest BCUT2D eigenvalue weighted by molar-refractivity contribution is 0.0600. The Hall–Kier alpha value is -0.810. The van der Waals surface area contributed by atoms with E-state index in [1.54, 1.807) is 0 Å². The van der Waals surface area contributed by atoms with Gasteiger partial charge in [0.1, 0.15) is 0 Å². The molecule has 0 aromatic heterocycles. The van der Waals surface area contributed by atoms with Gasteiger partial charge < -0.3 is 10.1 Å². The zero-order chi connectivity index (χ0) is 13.7. The van der Waals surface area contributed by atoms with Crippen molar-refractivity contribution in [1.82, 2.24) is 10.2 Å². The third-order valence-electron chi connectivity index (χ3n) is 3.70. The van der Waals surface area contributed by atoms with Gasteiger partial charge in [-0.05, 0) is 31.0 Å². The Balaban J connectivity index is 0.00000200. The largest absolute Gasteiger partial charge is 0.465 e. The Morgan fingerprint density at radius 3 is 2.57 bits per heavy atom. The highest BCUT2D eigenvalue weighted by atomic mass is 35.5. The van der Waals surface area contributed by atoms with Gasteiger partial charge in [-0.25, -0.2) is 4.79 Å². The van der Waals surface area contributed by atoms with Crippen molar-refractivity contribution in [3.63, 3.8) is 0 Å². The van der Waals surface area contributed by atoms with Gasteiger partial charge >= 0.3 is 5.97 Å². The minimum Gasteiger partial charge on any atom is -0.465 e. The molecule has 1 atom stereocenters. The Kier molecular flexibility index (Phi) is 9.62. The molecule has 0 bridgehead atoms. The first-order valence-electron chi connectivity index (χ1n) is 6.82. The molecule has 120 valence electrons. The van der Waals surface area contributed by atoms with Crippen LogP contribution in [0.3, 0.4) is 0 Å². The van der Waals surface area contributed by atoms with Crippen molar-refractivity contribution in [1.29, 1.82) is 0 Å². The van der Waals surface area contributed by atoms with Crippen molar-refractivity contribution in [2.45, 2.75) is 19.4 Å². The molecule has 1 aliphatic heterocycles. The third kappa shape index (κ3) is 5.83. The Labute approximate surface area is 139 Å². The summed E-state index contributed by atoms with van der Waals surface area (Å²) in [5.74, 6) is -0.276. The molecule has 1 unspecified atom stereocenters. The number of hydrogen-bond donors (Lipinski definition) is 1. The fourth-order valence-corrected chi connectivity index (χ4v) is 2.41. The van der Waals surface area contributed by atoms with Gasteiger partial charge in [-0.3, -0.25) is 4.90 Å². The van der Waals surface area contributed by atoms with E-state index in [4.69, 9.17) is 4.74 Å². The van der Waals surface area contributed by atoms with E-state index in [0.29, 0.717) is 11.6 Å². The van der Waals surface area contributed by atoms with Crippen molar-refractivity contribution >= 4 is 30.8 Å². The highest BCUT2D eigenvalue weighted by Crippen LogP contribution is 2.09. The van der Waals surface area contributed by atoms with Crippen LogP contribution in [-0.2, 0) is 11.2 Å². The monoisotopic (exact) mass is 334 g/mol. The van der Waals surface area contributed by atoms with Crippen LogP contribution in [0.5, 0.6) is 0 Å². The Bertz CT molecular complexity index is 426. The van der Waals surface area contributed by atoms with Crippen LogP contribution >= 0.6 is 24.8 Å². The highest BCUT2D eigenvalue weighted by Gasteiger charge is 2.17. The van der Waals surface area contributed by atoms with Crippen molar-refractivity contribution < 1.29 is 9.53 Å². The number of methoxy groups -OCH3 is 1. The second-order valence-corrected chi connectivity index (χ2v) is 5.03. The molecule has 6 heteroatoms. The molecule has 0 spiro atoms. The van der Waals surface area contributed by atoms with E-state index >= 15 is 0 Å². The second kappa shape index (κ2) is 10.0. The topological polar surface area (TPSA) is 41.6 Å². The molecule has 1 aromatic rings. The standard InChI is InChI=1S/C15H22N2O2.2ClH/c1-12-11-16-8-10-17(12)9-7-13-3-5-14(6-4-13)15(18)19-2;;/h3-6,12,16H,7-11H2,1-2H3;2*1H. The first-order chi connectivity index (χ1) is 9.20. The predicted octanol–water partition coefficient (Wildman–Crippen LogP) is 2.15. The number of carbonyl (C=O) groups is 1. The lowest BCUT2D eigenvalue weighted by Gasteiger charge is -2.33. The van der Waals surface area contributed by atoms with E-state index in [-0.39, 0.29) is 30.8 Å². The molecule has 1 heterocycles. The van der Waals surface area contributed by atoms with E-state index < -0.39 is 0 Å². The quantitative estimate of drug-likeness (QED) is 0.856. The average Bonchev–Trinajstić information content (AvgIpc) is 2.46. The number of benzene rings is 1. The molecule has 0 saturated carbocycles. The van der Waals surface area contributed by atoms with Crippen LogP contribution in [0.2, 0.25) is 0 Å². The van der Waals surface area contributed by atoms with Gasteiger partial charge in [0.25, 0.3) is 0 Å². The highest BCUT2D eigenvalue weighted by molar-refractivity contribution is 5.89. The molecule has 0 aliphatic carbocycles. The molecule has 4 nitrogen and oxygen atoms in total. The maximum absolute atomic E-state index is 11.3. The maximum Gasteiger partial charge on any atom is 0.337 e. The summed E-state index contributed by atoms with van der Waals surface area (Å²) >= 11 is 0. The lowest BCUT2D eigenvalue weighted by Crippen LogP contribution is -2.50. The number of nitrogens with one attached hydrogen (secondary N) is 1. The Morgan fingerprint density at radius 1 is 1.33 bits per heavy atom. The number of rotatable bonds is 4. The molecule has 1 N–H and O–H groups in total. The normalized spacial score (nSPS) is 18.3. The molecule has 1 aromatic carbocycles. The van der Waals surface area contributed by atoms with Crippen LogP contribution in [0.1, 0.15) is 22.8 Å². The number of ether oxygens (including phenoxy) is 1. The zero-order valence-electron chi connectivity index (χ0n) is 12.5. The van der Waals surface area contributed by atoms with E-state index in [2.05, 4.69) is 17.1 Å². The van der Waals surface area contributed by atoms with E-state index in [1.807, 2.05) is 24.3 Å². The summed E-state index contributed by atoms with van der Waals surface area (Å²) in [4.78, 5) is 13.8. The molecule has 1 aliphatic rings.